The Morgan fingerprint density at radius 2 is 0.726 bits per heavy atom. The minimum atomic E-state index is -0.541. The summed E-state index contributed by atoms with van der Waals surface area (Å²) in [4.78, 5) is 25.4. The van der Waals surface area contributed by atoms with Crippen LogP contribution in [0.1, 0.15) is 278 Å². The van der Waals surface area contributed by atoms with Crippen LogP contribution < -0.4 is 0 Å². The maximum absolute atomic E-state index is 12.8. The lowest BCUT2D eigenvalue weighted by atomic mass is 10.0. The Kier molecular flexibility index (Phi) is 51.4. The van der Waals surface area contributed by atoms with Crippen molar-refractivity contribution < 1.29 is 23.8 Å². The van der Waals surface area contributed by atoms with Crippen LogP contribution in [0.4, 0.5) is 0 Å². The Labute approximate surface area is 386 Å². The molecule has 0 saturated carbocycles. The molecular formula is C57H104O5. The van der Waals surface area contributed by atoms with Gasteiger partial charge >= 0.3 is 11.9 Å². The molecule has 62 heavy (non-hydrogen) atoms. The van der Waals surface area contributed by atoms with E-state index in [2.05, 4.69) is 69.4 Å². The molecule has 0 radical (unpaired) electrons. The van der Waals surface area contributed by atoms with Crippen LogP contribution in [0.25, 0.3) is 0 Å². The summed E-state index contributed by atoms with van der Waals surface area (Å²) in [6.45, 7) is 7.73. The van der Waals surface area contributed by atoms with Gasteiger partial charge in [0, 0.05) is 19.4 Å². The average Bonchev–Trinajstić information content (AvgIpc) is 3.27. The first-order chi connectivity index (χ1) is 30.6. The number of hydrogen-bond donors (Lipinski definition) is 0. The lowest BCUT2D eigenvalue weighted by Gasteiger charge is -2.18. The number of hydrogen-bond acceptors (Lipinski definition) is 5. The van der Waals surface area contributed by atoms with E-state index in [1.165, 1.54) is 167 Å². The Bertz CT molecular complexity index is 1030. The first-order valence-corrected chi connectivity index (χ1v) is 27.2. The Balaban J connectivity index is 4.23. The van der Waals surface area contributed by atoms with Gasteiger partial charge in [-0.2, -0.15) is 0 Å². The molecule has 0 heterocycles. The molecule has 0 rings (SSSR count). The number of carbonyl (C=O) groups is 2. The minimum absolute atomic E-state index is 0.0772. The van der Waals surface area contributed by atoms with E-state index in [4.69, 9.17) is 14.2 Å². The molecule has 0 saturated heterocycles. The zero-order valence-corrected chi connectivity index (χ0v) is 41.6. The van der Waals surface area contributed by atoms with E-state index < -0.39 is 6.10 Å². The van der Waals surface area contributed by atoms with Crippen molar-refractivity contribution in [2.45, 2.75) is 284 Å². The topological polar surface area (TPSA) is 61.8 Å². The smallest absolute Gasteiger partial charge is 0.306 e. The molecule has 0 bridgehead atoms. The number of ether oxygens (including phenoxy) is 3. The fraction of sp³-hybridized carbons (Fsp3) is 0.825. The molecule has 0 aliphatic rings. The van der Waals surface area contributed by atoms with E-state index in [0.29, 0.717) is 19.4 Å². The van der Waals surface area contributed by atoms with E-state index in [1.807, 2.05) is 0 Å². The van der Waals surface area contributed by atoms with Crippen molar-refractivity contribution in [1.82, 2.24) is 0 Å². The normalized spacial score (nSPS) is 12.5. The highest BCUT2D eigenvalue weighted by atomic mass is 16.6. The lowest BCUT2D eigenvalue weighted by Crippen LogP contribution is -2.30. The summed E-state index contributed by atoms with van der Waals surface area (Å²) in [5, 5.41) is 0. The van der Waals surface area contributed by atoms with Gasteiger partial charge in [0.2, 0.25) is 0 Å². The molecule has 0 N–H and O–H groups in total. The van der Waals surface area contributed by atoms with Gasteiger partial charge in [0.05, 0.1) is 6.61 Å². The van der Waals surface area contributed by atoms with E-state index >= 15 is 0 Å². The van der Waals surface area contributed by atoms with Crippen LogP contribution in [-0.4, -0.2) is 37.9 Å². The van der Waals surface area contributed by atoms with Crippen LogP contribution in [-0.2, 0) is 23.8 Å². The average molecular weight is 869 g/mol. The van der Waals surface area contributed by atoms with Gasteiger partial charge in [-0.1, -0.05) is 256 Å². The summed E-state index contributed by atoms with van der Waals surface area (Å²) in [6, 6.07) is 0. The molecule has 0 aliphatic heterocycles. The van der Waals surface area contributed by atoms with Gasteiger partial charge < -0.3 is 14.2 Å². The van der Waals surface area contributed by atoms with Crippen molar-refractivity contribution in [2.24, 2.45) is 0 Å². The summed E-state index contributed by atoms with van der Waals surface area (Å²) in [7, 11) is 0. The predicted molar refractivity (Wildman–Crippen MR) is 270 cm³/mol. The molecule has 5 nitrogen and oxygen atoms in total. The van der Waals surface area contributed by atoms with E-state index in [-0.39, 0.29) is 25.2 Å². The Morgan fingerprint density at radius 3 is 1.16 bits per heavy atom. The second kappa shape index (κ2) is 53.2. The van der Waals surface area contributed by atoms with Crippen LogP contribution in [0, 0.1) is 0 Å². The molecule has 0 spiro atoms. The third-order valence-corrected chi connectivity index (χ3v) is 11.9. The number of unbranched alkanes of at least 4 members (excludes halogenated alkanes) is 31. The first kappa shape index (κ1) is 59.9. The molecule has 0 aromatic heterocycles. The summed E-state index contributed by atoms with van der Waals surface area (Å²) >= 11 is 0. The van der Waals surface area contributed by atoms with Crippen LogP contribution in [0.5, 0.6) is 0 Å². The van der Waals surface area contributed by atoms with Crippen LogP contribution in [0.2, 0.25) is 0 Å². The standard InChI is InChI=1S/C57H104O5/c1-4-7-10-13-16-19-22-24-26-28-30-32-34-37-40-43-46-49-52-60-53-55(62-57(59)51-48-45-42-39-35-21-18-15-12-9-6-3)54-61-56(58)50-47-44-41-38-36-33-31-29-27-25-23-20-17-14-11-8-5-2/h8,11,17,20,25,27,31,33,55H,4-7,9-10,12-16,18-19,21-24,26,28-30,32,34-54H2,1-3H3/b11-8-,20-17-,27-25-,33-31-. The Morgan fingerprint density at radius 1 is 0.371 bits per heavy atom. The number of allylic oxidation sites excluding steroid dienone is 8. The zero-order valence-electron chi connectivity index (χ0n) is 41.6. The van der Waals surface area contributed by atoms with E-state index in [1.54, 1.807) is 0 Å². The largest absolute Gasteiger partial charge is 0.462 e. The second-order valence-electron chi connectivity index (χ2n) is 18.1. The maximum Gasteiger partial charge on any atom is 0.306 e. The zero-order chi connectivity index (χ0) is 44.9. The van der Waals surface area contributed by atoms with Crippen molar-refractivity contribution in [3.8, 4) is 0 Å². The summed E-state index contributed by atoms with van der Waals surface area (Å²) in [5.41, 5.74) is 0. The van der Waals surface area contributed by atoms with Crippen LogP contribution in [0.3, 0.4) is 0 Å². The molecule has 1 unspecified atom stereocenters. The molecule has 0 aromatic rings. The summed E-state index contributed by atoms with van der Waals surface area (Å²) in [6.07, 6.45) is 65.5. The van der Waals surface area contributed by atoms with Gasteiger partial charge in [-0.3, -0.25) is 9.59 Å². The number of carbonyl (C=O) groups excluding carboxylic acids is 2. The molecule has 5 heteroatoms. The molecule has 362 valence electrons. The monoisotopic (exact) mass is 869 g/mol. The SMILES string of the molecule is CC/C=C\C/C=C\C/C=C\C/C=C\CCCCCCC(=O)OCC(COCCCCCCCCCCCCCCCCCCCC)OC(=O)CCCCCCCCCCCCC. The van der Waals surface area contributed by atoms with Crippen molar-refractivity contribution >= 4 is 11.9 Å². The molecule has 0 fully saturated rings. The quantitative estimate of drug-likeness (QED) is 0.0346. The highest BCUT2D eigenvalue weighted by molar-refractivity contribution is 5.70. The van der Waals surface area contributed by atoms with E-state index in [0.717, 1.165) is 77.0 Å². The molecule has 0 amide bonds. The van der Waals surface area contributed by atoms with Crippen molar-refractivity contribution in [3.05, 3.63) is 48.6 Å². The molecule has 0 aliphatic carbocycles. The Hall–Kier alpha value is -2.14. The van der Waals surface area contributed by atoms with Gasteiger partial charge in [-0.25, -0.2) is 0 Å². The van der Waals surface area contributed by atoms with Gasteiger partial charge in [0.1, 0.15) is 6.61 Å². The maximum atomic E-state index is 12.8. The van der Waals surface area contributed by atoms with Gasteiger partial charge in [-0.05, 0) is 57.8 Å². The third kappa shape index (κ3) is 50.5. The number of esters is 2. The van der Waals surface area contributed by atoms with Gasteiger partial charge in [0.25, 0.3) is 0 Å². The first-order valence-electron chi connectivity index (χ1n) is 27.2. The third-order valence-electron chi connectivity index (χ3n) is 11.9. The van der Waals surface area contributed by atoms with Crippen LogP contribution >= 0.6 is 0 Å². The molecule has 1 atom stereocenters. The van der Waals surface area contributed by atoms with Gasteiger partial charge in [-0.15, -0.1) is 0 Å². The van der Waals surface area contributed by atoms with E-state index in [9.17, 15) is 9.59 Å². The fourth-order valence-corrected chi connectivity index (χ4v) is 7.86. The fourth-order valence-electron chi connectivity index (χ4n) is 7.86. The van der Waals surface area contributed by atoms with Crippen molar-refractivity contribution in [3.63, 3.8) is 0 Å². The van der Waals surface area contributed by atoms with Crippen LogP contribution in [0.15, 0.2) is 48.6 Å². The summed E-state index contributed by atoms with van der Waals surface area (Å²) in [5.74, 6) is -0.411. The minimum Gasteiger partial charge on any atom is -0.462 e. The van der Waals surface area contributed by atoms with Crippen molar-refractivity contribution in [1.29, 1.82) is 0 Å². The second-order valence-corrected chi connectivity index (χ2v) is 18.1. The molecular weight excluding hydrogens is 765 g/mol. The summed E-state index contributed by atoms with van der Waals surface area (Å²) < 4.78 is 17.4. The highest BCUT2D eigenvalue weighted by Crippen LogP contribution is 2.16. The highest BCUT2D eigenvalue weighted by Gasteiger charge is 2.17. The van der Waals surface area contributed by atoms with Crippen molar-refractivity contribution in [2.75, 3.05) is 19.8 Å². The van der Waals surface area contributed by atoms with Gasteiger partial charge in [0.15, 0.2) is 6.10 Å². The molecule has 0 aromatic carbocycles. The lowest BCUT2D eigenvalue weighted by molar-refractivity contribution is -0.163. The predicted octanol–water partition coefficient (Wildman–Crippen LogP) is 18.3. The number of rotatable bonds is 50.